The standard InChI is InChI=1S/C22H20ClN3OS/c1-13-6-7-15(11-16(13)23)18-8-9-19(27-18)21-20(17-5-3-4-10-24-17)25-22-26(21)12-14(2)28-22/h3-11,14,20-21H,12H2,1-2H3/t14-,20+,21-/m1/s1. The Morgan fingerprint density at radius 3 is 2.86 bits per heavy atom. The minimum absolute atomic E-state index is 0.0250. The van der Waals surface area contributed by atoms with Crippen molar-refractivity contribution in [1.29, 1.82) is 0 Å². The van der Waals surface area contributed by atoms with E-state index in [1.54, 1.807) is 0 Å². The molecule has 0 saturated carbocycles. The van der Waals surface area contributed by atoms with E-state index in [-0.39, 0.29) is 12.1 Å². The molecule has 2 aromatic heterocycles. The zero-order chi connectivity index (χ0) is 19.3. The summed E-state index contributed by atoms with van der Waals surface area (Å²) in [6.07, 6.45) is 1.83. The molecule has 0 radical (unpaired) electrons. The highest BCUT2D eigenvalue weighted by Gasteiger charge is 2.45. The lowest BCUT2D eigenvalue weighted by Crippen LogP contribution is -2.28. The first-order valence-corrected chi connectivity index (χ1v) is 10.6. The van der Waals surface area contributed by atoms with E-state index in [9.17, 15) is 0 Å². The number of benzene rings is 1. The summed E-state index contributed by atoms with van der Waals surface area (Å²) in [7, 11) is 0. The van der Waals surface area contributed by atoms with Crippen molar-refractivity contribution >= 4 is 28.5 Å². The molecule has 1 fully saturated rings. The Labute approximate surface area is 173 Å². The smallest absolute Gasteiger partial charge is 0.161 e. The number of pyridine rings is 1. The maximum atomic E-state index is 6.33. The van der Waals surface area contributed by atoms with Crippen LogP contribution >= 0.6 is 23.4 Å². The lowest BCUT2D eigenvalue weighted by molar-refractivity contribution is 0.277. The van der Waals surface area contributed by atoms with Gasteiger partial charge in [0.25, 0.3) is 0 Å². The second-order valence-corrected chi connectivity index (χ2v) is 9.12. The topological polar surface area (TPSA) is 41.6 Å². The van der Waals surface area contributed by atoms with Gasteiger partial charge in [0, 0.05) is 28.6 Å². The molecule has 0 amide bonds. The SMILES string of the molecule is Cc1ccc(-c2ccc([C@@H]3[C@H](c4ccccn4)N=C4S[C@H](C)CN43)o2)cc1Cl. The van der Waals surface area contributed by atoms with Crippen molar-refractivity contribution in [1.82, 2.24) is 9.88 Å². The second kappa shape index (κ2) is 6.98. The molecule has 0 spiro atoms. The van der Waals surface area contributed by atoms with E-state index in [2.05, 4.69) is 22.9 Å². The van der Waals surface area contributed by atoms with Crippen molar-refractivity contribution in [3.8, 4) is 11.3 Å². The summed E-state index contributed by atoms with van der Waals surface area (Å²) in [5.74, 6) is 1.74. The van der Waals surface area contributed by atoms with Gasteiger partial charge in [-0.3, -0.25) is 4.98 Å². The molecule has 4 heterocycles. The lowest BCUT2D eigenvalue weighted by Gasteiger charge is -2.25. The summed E-state index contributed by atoms with van der Waals surface area (Å²) in [6, 6.07) is 16.1. The molecule has 0 aliphatic carbocycles. The highest BCUT2D eigenvalue weighted by molar-refractivity contribution is 8.14. The number of thioether (sulfide) groups is 1. The molecule has 3 aromatic rings. The highest BCUT2D eigenvalue weighted by atomic mass is 35.5. The normalized spacial score (nSPS) is 23.8. The molecule has 2 aliphatic heterocycles. The maximum Gasteiger partial charge on any atom is 0.161 e. The fourth-order valence-corrected chi connectivity index (χ4v) is 5.11. The Morgan fingerprint density at radius 1 is 1.18 bits per heavy atom. The number of aromatic nitrogens is 1. The van der Waals surface area contributed by atoms with E-state index in [0.717, 1.165) is 45.1 Å². The first-order chi connectivity index (χ1) is 13.6. The van der Waals surface area contributed by atoms with E-state index < -0.39 is 0 Å². The molecule has 2 aliphatic rings. The van der Waals surface area contributed by atoms with Crippen molar-refractivity contribution in [2.24, 2.45) is 4.99 Å². The Balaban J connectivity index is 1.53. The largest absolute Gasteiger partial charge is 0.459 e. The quantitative estimate of drug-likeness (QED) is 0.540. The van der Waals surface area contributed by atoms with Crippen LogP contribution in [0.25, 0.3) is 11.3 Å². The van der Waals surface area contributed by atoms with Crippen LogP contribution in [0.4, 0.5) is 0 Å². The van der Waals surface area contributed by atoms with Crippen LogP contribution in [0, 0.1) is 6.92 Å². The molecule has 0 N–H and O–H groups in total. The molecule has 1 saturated heterocycles. The number of aliphatic imine (C=N–C) groups is 1. The Bertz CT molecular complexity index is 1050. The molecular formula is C22H20ClN3OS. The lowest BCUT2D eigenvalue weighted by atomic mass is 10.0. The fourth-order valence-electron chi connectivity index (χ4n) is 3.84. The predicted octanol–water partition coefficient (Wildman–Crippen LogP) is 5.89. The molecular weight excluding hydrogens is 390 g/mol. The predicted molar refractivity (Wildman–Crippen MR) is 115 cm³/mol. The fraction of sp³-hybridized carbons (Fsp3) is 0.273. The van der Waals surface area contributed by atoms with E-state index in [0.29, 0.717) is 5.25 Å². The van der Waals surface area contributed by atoms with Gasteiger partial charge in [-0.25, -0.2) is 4.99 Å². The average molecular weight is 410 g/mol. The number of hydrogen-bond donors (Lipinski definition) is 0. The van der Waals surface area contributed by atoms with E-state index in [1.807, 2.05) is 67.3 Å². The molecule has 142 valence electrons. The zero-order valence-corrected chi connectivity index (χ0v) is 17.2. The number of amidine groups is 1. The van der Waals surface area contributed by atoms with Gasteiger partial charge in [-0.2, -0.15) is 0 Å². The van der Waals surface area contributed by atoms with Gasteiger partial charge >= 0.3 is 0 Å². The van der Waals surface area contributed by atoms with Crippen LogP contribution < -0.4 is 0 Å². The molecule has 1 aromatic carbocycles. The Morgan fingerprint density at radius 2 is 2.07 bits per heavy atom. The average Bonchev–Trinajstić information content (AvgIpc) is 3.38. The van der Waals surface area contributed by atoms with Gasteiger partial charge in [0.15, 0.2) is 5.17 Å². The third-order valence-corrected chi connectivity index (χ3v) is 6.77. The number of nitrogens with zero attached hydrogens (tertiary/aromatic N) is 3. The van der Waals surface area contributed by atoms with Crippen molar-refractivity contribution in [2.45, 2.75) is 31.2 Å². The van der Waals surface area contributed by atoms with Gasteiger partial charge in [-0.1, -0.05) is 48.5 Å². The van der Waals surface area contributed by atoms with E-state index >= 15 is 0 Å². The molecule has 0 unspecified atom stereocenters. The molecule has 0 bridgehead atoms. The first kappa shape index (κ1) is 17.8. The number of fused-ring (bicyclic) bond motifs is 1. The summed E-state index contributed by atoms with van der Waals surface area (Å²) >= 11 is 8.14. The number of hydrogen-bond acceptors (Lipinski definition) is 5. The summed E-state index contributed by atoms with van der Waals surface area (Å²) < 4.78 is 6.33. The summed E-state index contributed by atoms with van der Waals surface area (Å²) in [6.45, 7) is 5.20. The third kappa shape index (κ3) is 3.03. The number of halogens is 1. The van der Waals surface area contributed by atoms with Crippen LogP contribution in [0.5, 0.6) is 0 Å². The van der Waals surface area contributed by atoms with Crippen LogP contribution in [0.1, 0.15) is 36.0 Å². The number of aryl methyl sites for hydroxylation is 1. The molecule has 28 heavy (non-hydrogen) atoms. The molecule has 3 atom stereocenters. The summed E-state index contributed by atoms with van der Waals surface area (Å²) in [5, 5.41) is 2.36. The molecule has 5 rings (SSSR count). The van der Waals surface area contributed by atoms with Crippen LogP contribution in [0.15, 0.2) is 64.1 Å². The van der Waals surface area contributed by atoms with Crippen LogP contribution in [-0.2, 0) is 0 Å². The van der Waals surface area contributed by atoms with E-state index in [4.69, 9.17) is 21.0 Å². The van der Waals surface area contributed by atoms with Crippen LogP contribution in [0.3, 0.4) is 0 Å². The van der Waals surface area contributed by atoms with Gasteiger partial charge in [-0.05, 0) is 42.8 Å². The molecule has 6 heteroatoms. The van der Waals surface area contributed by atoms with Crippen molar-refractivity contribution < 1.29 is 4.42 Å². The minimum Gasteiger partial charge on any atom is -0.459 e. The number of furan rings is 1. The minimum atomic E-state index is -0.0585. The van der Waals surface area contributed by atoms with Crippen molar-refractivity contribution in [3.63, 3.8) is 0 Å². The van der Waals surface area contributed by atoms with E-state index in [1.165, 1.54) is 0 Å². The summed E-state index contributed by atoms with van der Waals surface area (Å²) in [4.78, 5) is 11.9. The van der Waals surface area contributed by atoms with Crippen LogP contribution in [-0.4, -0.2) is 26.8 Å². The third-order valence-electron chi connectivity index (χ3n) is 5.26. The number of rotatable bonds is 3. The van der Waals surface area contributed by atoms with Crippen LogP contribution in [0.2, 0.25) is 5.02 Å². The Hall–Kier alpha value is -2.24. The van der Waals surface area contributed by atoms with Gasteiger partial charge in [0.05, 0.1) is 5.69 Å². The molecule has 4 nitrogen and oxygen atoms in total. The van der Waals surface area contributed by atoms with Crippen molar-refractivity contribution in [2.75, 3.05) is 6.54 Å². The van der Waals surface area contributed by atoms with Gasteiger partial charge in [0.2, 0.25) is 0 Å². The second-order valence-electron chi connectivity index (χ2n) is 7.30. The summed E-state index contributed by atoms with van der Waals surface area (Å²) in [5.41, 5.74) is 3.02. The maximum absolute atomic E-state index is 6.33. The van der Waals surface area contributed by atoms with Gasteiger partial charge in [-0.15, -0.1) is 0 Å². The highest BCUT2D eigenvalue weighted by Crippen LogP contribution is 2.48. The Kier molecular flexibility index (Phi) is 4.44. The first-order valence-electron chi connectivity index (χ1n) is 9.38. The zero-order valence-electron chi connectivity index (χ0n) is 15.7. The van der Waals surface area contributed by atoms with Gasteiger partial charge < -0.3 is 9.32 Å². The monoisotopic (exact) mass is 409 g/mol. The van der Waals surface area contributed by atoms with Crippen molar-refractivity contribution in [3.05, 3.63) is 76.8 Å². The van der Waals surface area contributed by atoms with Gasteiger partial charge in [0.1, 0.15) is 23.6 Å².